The lowest BCUT2D eigenvalue weighted by Gasteiger charge is -2.26. The molecule has 0 aliphatic heterocycles. The van der Waals surface area contributed by atoms with Gasteiger partial charge in [0.25, 0.3) is 5.91 Å². The molecule has 2 aromatic carbocycles. The summed E-state index contributed by atoms with van der Waals surface area (Å²) in [4.78, 5) is 12.4. The molecule has 0 aromatic heterocycles. The van der Waals surface area contributed by atoms with E-state index in [9.17, 15) is 4.79 Å². The van der Waals surface area contributed by atoms with Crippen molar-refractivity contribution in [1.29, 1.82) is 0 Å². The molecule has 4 heteroatoms. The number of carbonyl (C=O) groups is 1. The predicted octanol–water partition coefficient (Wildman–Crippen LogP) is 4.80. The third-order valence-corrected chi connectivity index (χ3v) is 4.40. The Bertz CT molecular complexity index is 684. The highest BCUT2D eigenvalue weighted by atomic mass is 35.5. The van der Waals surface area contributed by atoms with Gasteiger partial charge in [0.15, 0.2) is 0 Å². The fourth-order valence-corrected chi connectivity index (χ4v) is 3.31. The average Bonchev–Trinajstić information content (AvgIpc) is 2.47. The molecular formula is C17H15Cl2NO. The topological polar surface area (TPSA) is 29.1 Å². The Morgan fingerprint density at radius 2 is 1.95 bits per heavy atom. The van der Waals surface area contributed by atoms with Crippen molar-refractivity contribution in [2.75, 3.05) is 0 Å². The van der Waals surface area contributed by atoms with Crippen LogP contribution in [0.5, 0.6) is 0 Å². The van der Waals surface area contributed by atoms with Crippen LogP contribution in [0.1, 0.15) is 40.4 Å². The lowest BCUT2D eigenvalue weighted by atomic mass is 9.87. The van der Waals surface area contributed by atoms with Crippen LogP contribution in [0.15, 0.2) is 42.5 Å². The Hall–Kier alpha value is -1.51. The van der Waals surface area contributed by atoms with E-state index in [1.807, 2.05) is 12.1 Å². The quantitative estimate of drug-likeness (QED) is 0.846. The molecule has 1 amide bonds. The van der Waals surface area contributed by atoms with Crippen molar-refractivity contribution in [1.82, 2.24) is 5.32 Å². The predicted molar refractivity (Wildman–Crippen MR) is 86.0 cm³/mol. The van der Waals surface area contributed by atoms with Gasteiger partial charge in [-0.25, -0.2) is 0 Å². The zero-order valence-electron chi connectivity index (χ0n) is 11.4. The first-order valence-corrected chi connectivity index (χ1v) is 7.74. The first-order valence-electron chi connectivity index (χ1n) is 6.99. The summed E-state index contributed by atoms with van der Waals surface area (Å²) in [5.41, 5.74) is 2.99. The summed E-state index contributed by atoms with van der Waals surface area (Å²) in [5.74, 6) is -0.154. The number of rotatable bonds is 2. The zero-order chi connectivity index (χ0) is 14.8. The van der Waals surface area contributed by atoms with Gasteiger partial charge in [0.2, 0.25) is 0 Å². The highest BCUT2D eigenvalue weighted by molar-refractivity contribution is 6.36. The second-order valence-electron chi connectivity index (χ2n) is 5.24. The SMILES string of the molecule is O=C(NC1CCCc2ccccc21)c1ccc(Cl)cc1Cl. The first kappa shape index (κ1) is 14.4. The van der Waals surface area contributed by atoms with E-state index < -0.39 is 0 Å². The summed E-state index contributed by atoms with van der Waals surface area (Å²) < 4.78 is 0. The van der Waals surface area contributed by atoms with Gasteiger partial charge in [0, 0.05) is 5.02 Å². The van der Waals surface area contributed by atoms with E-state index >= 15 is 0 Å². The molecule has 0 saturated heterocycles. The van der Waals surface area contributed by atoms with Crippen molar-refractivity contribution >= 4 is 29.1 Å². The van der Waals surface area contributed by atoms with Crippen LogP contribution in [0.3, 0.4) is 0 Å². The van der Waals surface area contributed by atoms with Gasteiger partial charge in [-0.05, 0) is 48.6 Å². The number of nitrogens with one attached hydrogen (secondary N) is 1. The molecule has 0 bridgehead atoms. The Balaban J connectivity index is 1.83. The highest BCUT2D eigenvalue weighted by Gasteiger charge is 2.22. The summed E-state index contributed by atoms with van der Waals surface area (Å²) in [7, 11) is 0. The van der Waals surface area contributed by atoms with Gasteiger partial charge in [-0.2, -0.15) is 0 Å². The van der Waals surface area contributed by atoms with Crippen LogP contribution >= 0.6 is 23.2 Å². The van der Waals surface area contributed by atoms with Gasteiger partial charge in [-0.1, -0.05) is 47.5 Å². The molecule has 1 unspecified atom stereocenters. The van der Waals surface area contributed by atoms with Gasteiger partial charge < -0.3 is 5.32 Å². The number of hydrogen-bond donors (Lipinski definition) is 1. The number of hydrogen-bond acceptors (Lipinski definition) is 1. The van der Waals surface area contributed by atoms with Crippen LogP contribution in [0.4, 0.5) is 0 Å². The van der Waals surface area contributed by atoms with E-state index in [0.717, 1.165) is 19.3 Å². The lowest BCUT2D eigenvalue weighted by Crippen LogP contribution is -2.31. The molecule has 108 valence electrons. The third-order valence-electron chi connectivity index (χ3n) is 3.85. The van der Waals surface area contributed by atoms with Crippen molar-refractivity contribution in [3.05, 3.63) is 69.2 Å². The maximum absolute atomic E-state index is 12.4. The van der Waals surface area contributed by atoms with Crippen molar-refractivity contribution in [3.63, 3.8) is 0 Å². The fraction of sp³-hybridized carbons (Fsp3) is 0.235. The molecule has 2 aromatic rings. The molecule has 0 fully saturated rings. The molecular weight excluding hydrogens is 305 g/mol. The van der Waals surface area contributed by atoms with Gasteiger partial charge in [-0.3, -0.25) is 4.79 Å². The molecule has 1 atom stereocenters. The Labute approximate surface area is 134 Å². The molecule has 0 spiro atoms. The number of carbonyl (C=O) groups excluding carboxylic acids is 1. The summed E-state index contributed by atoms with van der Waals surface area (Å²) in [6.45, 7) is 0. The number of amides is 1. The molecule has 0 heterocycles. The number of benzene rings is 2. The van der Waals surface area contributed by atoms with Crippen LogP contribution in [-0.2, 0) is 6.42 Å². The molecule has 1 N–H and O–H groups in total. The summed E-state index contributed by atoms with van der Waals surface area (Å²) in [5, 5.41) is 3.99. The smallest absolute Gasteiger partial charge is 0.253 e. The van der Waals surface area contributed by atoms with E-state index in [-0.39, 0.29) is 11.9 Å². The lowest BCUT2D eigenvalue weighted by molar-refractivity contribution is 0.0933. The van der Waals surface area contributed by atoms with Crippen LogP contribution in [0.2, 0.25) is 10.0 Å². The summed E-state index contributed by atoms with van der Waals surface area (Å²) in [6, 6.07) is 13.2. The van der Waals surface area contributed by atoms with Gasteiger partial charge in [0.1, 0.15) is 0 Å². The van der Waals surface area contributed by atoms with E-state index in [4.69, 9.17) is 23.2 Å². The average molecular weight is 320 g/mol. The maximum Gasteiger partial charge on any atom is 0.253 e. The van der Waals surface area contributed by atoms with E-state index in [0.29, 0.717) is 15.6 Å². The minimum atomic E-state index is -0.154. The number of aryl methyl sites for hydroxylation is 1. The van der Waals surface area contributed by atoms with Crippen LogP contribution in [0, 0.1) is 0 Å². The third kappa shape index (κ3) is 3.07. The zero-order valence-corrected chi connectivity index (χ0v) is 12.9. The molecule has 1 aliphatic rings. The van der Waals surface area contributed by atoms with Gasteiger partial charge in [-0.15, -0.1) is 0 Å². The highest BCUT2D eigenvalue weighted by Crippen LogP contribution is 2.30. The number of halogens is 2. The largest absolute Gasteiger partial charge is 0.345 e. The molecule has 2 nitrogen and oxygen atoms in total. The molecule has 1 aliphatic carbocycles. The normalized spacial score (nSPS) is 17.1. The van der Waals surface area contributed by atoms with Gasteiger partial charge >= 0.3 is 0 Å². The van der Waals surface area contributed by atoms with Gasteiger partial charge in [0.05, 0.1) is 16.6 Å². The van der Waals surface area contributed by atoms with Crippen LogP contribution in [-0.4, -0.2) is 5.91 Å². The van der Waals surface area contributed by atoms with Crippen molar-refractivity contribution in [2.24, 2.45) is 0 Å². The monoisotopic (exact) mass is 319 g/mol. The summed E-state index contributed by atoms with van der Waals surface area (Å²) >= 11 is 12.0. The van der Waals surface area contributed by atoms with E-state index in [1.165, 1.54) is 11.1 Å². The van der Waals surface area contributed by atoms with Crippen LogP contribution in [0.25, 0.3) is 0 Å². The number of fused-ring (bicyclic) bond motifs is 1. The molecule has 3 rings (SSSR count). The second-order valence-corrected chi connectivity index (χ2v) is 6.08. The molecule has 21 heavy (non-hydrogen) atoms. The second kappa shape index (κ2) is 6.08. The van der Waals surface area contributed by atoms with Crippen molar-refractivity contribution < 1.29 is 4.79 Å². The van der Waals surface area contributed by atoms with E-state index in [2.05, 4.69) is 17.4 Å². The summed E-state index contributed by atoms with van der Waals surface area (Å²) in [6.07, 6.45) is 3.11. The Morgan fingerprint density at radius 1 is 1.14 bits per heavy atom. The standard InChI is InChI=1S/C17H15Cl2NO/c18-12-8-9-14(15(19)10-12)17(21)20-16-7-3-5-11-4-1-2-6-13(11)16/h1-2,4,6,8-10,16H,3,5,7H2,(H,20,21). The van der Waals surface area contributed by atoms with E-state index in [1.54, 1.807) is 18.2 Å². The Kier molecular flexibility index (Phi) is 4.18. The Morgan fingerprint density at radius 3 is 2.76 bits per heavy atom. The minimum Gasteiger partial charge on any atom is -0.345 e. The minimum absolute atomic E-state index is 0.0502. The van der Waals surface area contributed by atoms with Crippen molar-refractivity contribution in [3.8, 4) is 0 Å². The maximum atomic E-state index is 12.4. The van der Waals surface area contributed by atoms with Crippen LogP contribution < -0.4 is 5.32 Å². The van der Waals surface area contributed by atoms with Crippen molar-refractivity contribution in [2.45, 2.75) is 25.3 Å². The first-order chi connectivity index (χ1) is 10.1. The molecule has 0 radical (unpaired) electrons. The fourth-order valence-electron chi connectivity index (χ4n) is 2.81. The molecule has 0 saturated carbocycles.